The molecule has 1 fully saturated rings. The van der Waals surface area contributed by atoms with Crippen LogP contribution < -0.4 is 10.5 Å². The fourth-order valence-corrected chi connectivity index (χ4v) is 2.20. The van der Waals surface area contributed by atoms with Gasteiger partial charge in [0.15, 0.2) is 0 Å². The van der Waals surface area contributed by atoms with E-state index in [9.17, 15) is 0 Å². The van der Waals surface area contributed by atoms with Crippen LogP contribution in [0.1, 0.15) is 31.4 Å². The SMILES string of the molecule is COC1CCCC(Oc2cnc(C(N)=S)cn2)C1. The first kappa shape index (κ1) is 13.2. The second-order valence-corrected chi connectivity index (χ2v) is 4.81. The van der Waals surface area contributed by atoms with Crippen LogP contribution >= 0.6 is 12.2 Å². The third-order valence-electron chi connectivity index (χ3n) is 3.08. The molecule has 18 heavy (non-hydrogen) atoms. The first-order valence-corrected chi connectivity index (χ1v) is 6.41. The van der Waals surface area contributed by atoms with Gasteiger partial charge >= 0.3 is 0 Å². The molecule has 1 aliphatic rings. The Morgan fingerprint density at radius 1 is 1.33 bits per heavy atom. The summed E-state index contributed by atoms with van der Waals surface area (Å²) < 4.78 is 11.1. The summed E-state index contributed by atoms with van der Waals surface area (Å²) in [4.78, 5) is 8.49. The topological polar surface area (TPSA) is 70.3 Å². The highest BCUT2D eigenvalue weighted by molar-refractivity contribution is 7.80. The van der Waals surface area contributed by atoms with E-state index in [2.05, 4.69) is 9.97 Å². The van der Waals surface area contributed by atoms with Gasteiger partial charge in [-0.05, 0) is 19.3 Å². The number of rotatable bonds is 4. The lowest BCUT2D eigenvalue weighted by Crippen LogP contribution is -2.29. The molecule has 2 unspecified atom stereocenters. The van der Waals surface area contributed by atoms with Gasteiger partial charge in [-0.2, -0.15) is 0 Å². The van der Waals surface area contributed by atoms with Crippen molar-refractivity contribution in [1.29, 1.82) is 0 Å². The van der Waals surface area contributed by atoms with Gasteiger partial charge in [-0.15, -0.1) is 0 Å². The highest BCUT2D eigenvalue weighted by Gasteiger charge is 2.23. The predicted molar refractivity (Wildman–Crippen MR) is 71.6 cm³/mol. The molecule has 1 saturated carbocycles. The van der Waals surface area contributed by atoms with Crippen molar-refractivity contribution in [3.8, 4) is 5.88 Å². The van der Waals surface area contributed by atoms with Crippen LogP contribution in [0.2, 0.25) is 0 Å². The molecule has 2 atom stereocenters. The maximum atomic E-state index is 5.78. The molecule has 98 valence electrons. The first-order valence-electron chi connectivity index (χ1n) is 6.00. The minimum Gasteiger partial charge on any atom is -0.473 e. The van der Waals surface area contributed by atoms with Gasteiger partial charge in [0.1, 0.15) is 16.8 Å². The Balaban J connectivity index is 1.94. The van der Waals surface area contributed by atoms with Crippen molar-refractivity contribution in [1.82, 2.24) is 9.97 Å². The standard InChI is InChI=1S/C12H17N3O2S/c1-16-8-3-2-4-9(5-8)17-11-7-14-10(6-15-11)12(13)18/h6-9H,2-5H2,1H3,(H2,13,18). The van der Waals surface area contributed by atoms with Crippen molar-refractivity contribution in [2.45, 2.75) is 37.9 Å². The minimum absolute atomic E-state index is 0.147. The van der Waals surface area contributed by atoms with E-state index in [0.29, 0.717) is 11.6 Å². The van der Waals surface area contributed by atoms with Crippen molar-refractivity contribution in [3.63, 3.8) is 0 Å². The van der Waals surface area contributed by atoms with Crippen molar-refractivity contribution in [2.75, 3.05) is 7.11 Å². The van der Waals surface area contributed by atoms with Crippen LogP contribution in [0, 0.1) is 0 Å². The van der Waals surface area contributed by atoms with E-state index in [1.165, 1.54) is 6.20 Å². The fraction of sp³-hybridized carbons (Fsp3) is 0.583. The maximum Gasteiger partial charge on any atom is 0.232 e. The number of methoxy groups -OCH3 is 1. The highest BCUT2D eigenvalue weighted by Crippen LogP contribution is 2.24. The van der Waals surface area contributed by atoms with Crippen molar-refractivity contribution >= 4 is 17.2 Å². The third kappa shape index (κ3) is 3.36. The zero-order chi connectivity index (χ0) is 13.0. The van der Waals surface area contributed by atoms with E-state index < -0.39 is 0 Å². The Hall–Kier alpha value is -1.27. The highest BCUT2D eigenvalue weighted by atomic mass is 32.1. The van der Waals surface area contributed by atoms with E-state index in [1.54, 1.807) is 13.3 Å². The summed E-state index contributed by atoms with van der Waals surface area (Å²) in [6, 6.07) is 0. The van der Waals surface area contributed by atoms with E-state index in [4.69, 9.17) is 27.4 Å². The number of ether oxygens (including phenoxy) is 2. The number of nitrogens with zero attached hydrogens (tertiary/aromatic N) is 2. The molecule has 0 amide bonds. The smallest absolute Gasteiger partial charge is 0.232 e. The lowest BCUT2D eigenvalue weighted by Gasteiger charge is -2.28. The lowest BCUT2D eigenvalue weighted by molar-refractivity contribution is 0.0194. The van der Waals surface area contributed by atoms with E-state index in [-0.39, 0.29) is 17.2 Å². The molecule has 0 radical (unpaired) electrons. The molecule has 0 aromatic carbocycles. The van der Waals surface area contributed by atoms with Gasteiger partial charge < -0.3 is 15.2 Å². The zero-order valence-corrected chi connectivity index (χ0v) is 11.2. The number of hydrogen-bond acceptors (Lipinski definition) is 5. The maximum absolute atomic E-state index is 5.78. The Kier molecular flexibility index (Phi) is 4.43. The monoisotopic (exact) mass is 267 g/mol. The van der Waals surface area contributed by atoms with Crippen LogP contribution in [0.15, 0.2) is 12.4 Å². The molecule has 1 aliphatic carbocycles. The fourth-order valence-electron chi connectivity index (χ4n) is 2.10. The minimum atomic E-state index is 0.147. The molecule has 0 spiro atoms. The summed E-state index contributed by atoms with van der Waals surface area (Å²) in [7, 11) is 1.74. The Morgan fingerprint density at radius 2 is 2.11 bits per heavy atom. The first-order chi connectivity index (χ1) is 8.69. The van der Waals surface area contributed by atoms with Gasteiger partial charge in [0.05, 0.1) is 18.5 Å². The van der Waals surface area contributed by atoms with Crippen LogP contribution in [0.4, 0.5) is 0 Å². The number of nitrogens with two attached hydrogens (primary N) is 1. The van der Waals surface area contributed by atoms with Crippen LogP contribution in [0.5, 0.6) is 5.88 Å². The van der Waals surface area contributed by atoms with Gasteiger partial charge in [-0.1, -0.05) is 12.2 Å². The van der Waals surface area contributed by atoms with Crippen LogP contribution in [0.25, 0.3) is 0 Å². The molecule has 0 saturated heterocycles. The van der Waals surface area contributed by atoms with Crippen molar-refractivity contribution in [2.24, 2.45) is 5.73 Å². The summed E-state index contributed by atoms with van der Waals surface area (Å²) in [5.41, 5.74) is 5.97. The van der Waals surface area contributed by atoms with Crippen LogP contribution in [0.3, 0.4) is 0 Å². The molecular formula is C12H17N3O2S. The third-order valence-corrected chi connectivity index (χ3v) is 3.29. The summed E-state index contributed by atoms with van der Waals surface area (Å²) in [6.45, 7) is 0. The van der Waals surface area contributed by atoms with Gasteiger partial charge in [0.25, 0.3) is 0 Å². The normalized spacial score (nSPS) is 23.6. The molecule has 0 bridgehead atoms. The van der Waals surface area contributed by atoms with Gasteiger partial charge in [-0.3, -0.25) is 0 Å². The number of thiocarbonyl (C=S) groups is 1. The summed E-state index contributed by atoms with van der Waals surface area (Å²) in [6.07, 6.45) is 7.66. The molecule has 6 heteroatoms. The van der Waals surface area contributed by atoms with E-state index in [0.717, 1.165) is 25.7 Å². The Morgan fingerprint density at radius 3 is 2.72 bits per heavy atom. The molecule has 2 N–H and O–H groups in total. The predicted octanol–water partition coefficient (Wildman–Crippen LogP) is 1.45. The summed E-state index contributed by atoms with van der Waals surface area (Å²) in [5, 5.41) is 0. The van der Waals surface area contributed by atoms with Crippen molar-refractivity contribution < 1.29 is 9.47 Å². The largest absolute Gasteiger partial charge is 0.473 e. The molecule has 1 heterocycles. The van der Waals surface area contributed by atoms with Gasteiger partial charge in [0.2, 0.25) is 5.88 Å². The Labute approximate surface area is 112 Å². The number of aromatic nitrogens is 2. The molecule has 1 aromatic rings. The molecule has 5 nitrogen and oxygen atoms in total. The second-order valence-electron chi connectivity index (χ2n) is 4.37. The number of hydrogen-bond donors (Lipinski definition) is 1. The Bertz CT molecular complexity index is 410. The second kappa shape index (κ2) is 6.06. The molecule has 0 aliphatic heterocycles. The van der Waals surface area contributed by atoms with Crippen LogP contribution in [-0.4, -0.2) is 34.3 Å². The van der Waals surface area contributed by atoms with E-state index in [1.807, 2.05) is 0 Å². The van der Waals surface area contributed by atoms with Gasteiger partial charge in [0, 0.05) is 13.5 Å². The van der Waals surface area contributed by atoms with Crippen molar-refractivity contribution in [3.05, 3.63) is 18.1 Å². The molecule has 1 aromatic heterocycles. The summed E-state index contributed by atoms with van der Waals surface area (Å²) >= 11 is 4.82. The molecular weight excluding hydrogens is 250 g/mol. The zero-order valence-electron chi connectivity index (χ0n) is 10.3. The van der Waals surface area contributed by atoms with Crippen LogP contribution in [-0.2, 0) is 4.74 Å². The van der Waals surface area contributed by atoms with Gasteiger partial charge in [-0.25, -0.2) is 9.97 Å². The lowest BCUT2D eigenvalue weighted by atomic mass is 9.95. The quantitative estimate of drug-likeness (QED) is 0.833. The van der Waals surface area contributed by atoms with E-state index >= 15 is 0 Å². The summed E-state index contributed by atoms with van der Waals surface area (Å²) in [5.74, 6) is 0.511. The average molecular weight is 267 g/mol. The average Bonchev–Trinajstić information content (AvgIpc) is 2.39. The molecule has 2 rings (SSSR count).